The number of aromatic nitrogens is 1. The average Bonchev–Trinajstić information content (AvgIpc) is 2.89. The second-order valence-corrected chi connectivity index (χ2v) is 5.50. The predicted octanol–water partition coefficient (Wildman–Crippen LogP) is 2.06. The SMILES string of the molecule is Cc1ncccc1C(=O)N(CC(N)=S)C1CCCC1. The van der Waals surface area contributed by atoms with Gasteiger partial charge in [0.15, 0.2) is 0 Å². The van der Waals surface area contributed by atoms with E-state index < -0.39 is 0 Å². The van der Waals surface area contributed by atoms with Crippen molar-refractivity contribution in [2.75, 3.05) is 6.54 Å². The second-order valence-electron chi connectivity index (χ2n) is 4.97. The number of aryl methyl sites for hydroxylation is 1. The standard InChI is InChI=1S/C14H19N3OS/c1-10-12(7-4-8-16-10)14(18)17(9-13(15)19)11-5-2-3-6-11/h4,7-8,11H,2-3,5-6,9H2,1H3,(H2,15,19). The summed E-state index contributed by atoms with van der Waals surface area (Å²) in [5, 5.41) is 0. The topological polar surface area (TPSA) is 59.2 Å². The molecule has 1 aromatic rings. The van der Waals surface area contributed by atoms with Crippen LogP contribution in [0, 0.1) is 6.92 Å². The number of hydrogen-bond acceptors (Lipinski definition) is 3. The van der Waals surface area contributed by atoms with Crippen LogP contribution in [0.1, 0.15) is 41.7 Å². The summed E-state index contributed by atoms with van der Waals surface area (Å²) < 4.78 is 0. The number of pyridine rings is 1. The Morgan fingerprint density at radius 3 is 2.79 bits per heavy atom. The van der Waals surface area contributed by atoms with Gasteiger partial charge in [-0.15, -0.1) is 0 Å². The maximum atomic E-state index is 12.7. The number of amides is 1. The van der Waals surface area contributed by atoms with Crippen molar-refractivity contribution in [1.82, 2.24) is 9.88 Å². The fourth-order valence-corrected chi connectivity index (χ4v) is 2.75. The van der Waals surface area contributed by atoms with Crippen molar-refractivity contribution in [2.45, 2.75) is 38.6 Å². The van der Waals surface area contributed by atoms with Gasteiger partial charge in [-0.1, -0.05) is 25.1 Å². The normalized spacial score (nSPS) is 15.4. The molecule has 0 aliphatic heterocycles. The molecule has 0 radical (unpaired) electrons. The molecule has 1 amide bonds. The Hall–Kier alpha value is -1.49. The molecule has 1 fully saturated rings. The molecule has 1 heterocycles. The zero-order chi connectivity index (χ0) is 13.8. The summed E-state index contributed by atoms with van der Waals surface area (Å²) >= 11 is 4.98. The molecule has 4 nitrogen and oxygen atoms in total. The Kier molecular flexibility index (Phi) is 4.47. The fourth-order valence-electron chi connectivity index (χ4n) is 2.62. The zero-order valence-corrected chi connectivity index (χ0v) is 11.9. The van der Waals surface area contributed by atoms with Gasteiger partial charge in [-0.25, -0.2) is 0 Å². The number of nitrogens with two attached hydrogens (primary N) is 1. The van der Waals surface area contributed by atoms with Crippen molar-refractivity contribution in [3.05, 3.63) is 29.6 Å². The molecule has 0 bridgehead atoms. The van der Waals surface area contributed by atoms with Crippen molar-refractivity contribution < 1.29 is 4.79 Å². The van der Waals surface area contributed by atoms with Crippen molar-refractivity contribution in [2.24, 2.45) is 5.73 Å². The molecule has 1 saturated carbocycles. The van der Waals surface area contributed by atoms with Gasteiger partial charge in [0.25, 0.3) is 5.91 Å². The van der Waals surface area contributed by atoms with E-state index in [0.29, 0.717) is 17.1 Å². The van der Waals surface area contributed by atoms with E-state index in [1.165, 1.54) is 0 Å². The lowest BCUT2D eigenvalue weighted by Crippen LogP contribution is -2.43. The van der Waals surface area contributed by atoms with Crippen LogP contribution in [0.4, 0.5) is 0 Å². The smallest absolute Gasteiger partial charge is 0.256 e. The Bertz CT molecular complexity index is 483. The van der Waals surface area contributed by atoms with Crippen LogP contribution in [0.15, 0.2) is 18.3 Å². The highest BCUT2D eigenvalue weighted by Crippen LogP contribution is 2.25. The quantitative estimate of drug-likeness (QED) is 0.856. The Morgan fingerprint density at radius 2 is 2.21 bits per heavy atom. The summed E-state index contributed by atoms with van der Waals surface area (Å²) in [7, 11) is 0. The maximum Gasteiger partial charge on any atom is 0.256 e. The van der Waals surface area contributed by atoms with Gasteiger partial charge in [0.2, 0.25) is 0 Å². The molecule has 102 valence electrons. The highest BCUT2D eigenvalue weighted by molar-refractivity contribution is 7.80. The highest BCUT2D eigenvalue weighted by Gasteiger charge is 2.28. The largest absolute Gasteiger partial charge is 0.392 e. The van der Waals surface area contributed by atoms with E-state index in [1.807, 2.05) is 17.9 Å². The van der Waals surface area contributed by atoms with Gasteiger partial charge >= 0.3 is 0 Å². The molecule has 0 saturated heterocycles. The molecule has 0 unspecified atom stereocenters. The van der Waals surface area contributed by atoms with E-state index in [4.69, 9.17) is 18.0 Å². The van der Waals surface area contributed by atoms with Crippen molar-refractivity contribution in [3.63, 3.8) is 0 Å². The van der Waals surface area contributed by atoms with Gasteiger partial charge in [0.1, 0.15) is 0 Å². The van der Waals surface area contributed by atoms with Gasteiger partial charge < -0.3 is 10.6 Å². The summed E-state index contributed by atoms with van der Waals surface area (Å²) in [6.07, 6.45) is 6.09. The number of rotatable bonds is 4. The minimum Gasteiger partial charge on any atom is -0.392 e. The van der Waals surface area contributed by atoms with Crippen LogP contribution in [0.5, 0.6) is 0 Å². The van der Waals surface area contributed by atoms with E-state index in [9.17, 15) is 4.79 Å². The van der Waals surface area contributed by atoms with Crippen LogP contribution in [0.2, 0.25) is 0 Å². The third kappa shape index (κ3) is 3.29. The molecular formula is C14H19N3OS. The van der Waals surface area contributed by atoms with Crippen molar-refractivity contribution in [1.29, 1.82) is 0 Å². The van der Waals surface area contributed by atoms with Gasteiger partial charge in [-0.3, -0.25) is 9.78 Å². The first-order valence-electron chi connectivity index (χ1n) is 6.60. The zero-order valence-electron chi connectivity index (χ0n) is 11.1. The first-order chi connectivity index (χ1) is 9.09. The van der Waals surface area contributed by atoms with Crippen LogP contribution in [-0.2, 0) is 0 Å². The molecule has 0 atom stereocenters. The molecule has 1 aliphatic rings. The molecule has 0 spiro atoms. The van der Waals surface area contributed by atoms with Gasteiger partial charge in [0, 0.05) is 17.9 Å². The molecule has 19 heavy (non-hydrogen) atoms. The van der Waals surface area contributed by atoms with Gasteiger partial charge in [-0.2, -0.15) is 0 Å². The highest BCUT2D eigenvalue weighted by atomic mass is 32.1. The van der Waals surface area contributed by atoms with Gasteiger partial charge in [0.05, 0.1) is 17.1 Å². The lowest BCUT2D eigenvalue weighted by atomic mass is 10.1. The second kappa shape index (κ2) is 6.10. The van der Waals surface area contributed by atoms with E-state index in [2.05, 4.69) is 4.98 Å². The summed E-state index contributed by atoms with van der Waals surface area (Å²) in [5.74, 6) is -0.00898. The molecule has 1 aromatic heterocycles. The first-order valence-corrected chi connectivity index (χ1v) is 7.01. The van der Waals surface area contributed by atoms with Crippen LogP contribution in [0.25, 0.3) is 0 Å². The number of carbonyl (C=O) groups is 1. The summed E-state index contributed by atoms with van der Waals surface area (Å²) in [5.41, 5.74) is 7.03. The Labute approximate surface area is 119 Å². The Morgan fingerprint density at radius 1 is 1.53 bits per heavy atom. The molecule has 0 aromatic carbocycles. The predicted molar refractivity (Wildman–Crippen MR) is 79.1 cm³/mol. The monoisotopic (exact) mass is 277 g/mol. The third-order valence-electron chi connectivity index (χ3n) is 3.59. The summed E-state index contributed by atoms with van der Waals surface area (Å²) in [6, 6.07) is 3.86. The molecule has 2 N–H and O–H groups in total. The van der Waals surface area contributed by atoms with E-state index in [0.717, 1.165) is 31.4 Å². The lowest BCUT2D eigenvalue weighted by Gasteiger charge is -2.29. The average molecular weight is 277 g/mol. The molecular weight excluding hydrogens is 258 g/mol. The maximum absolute atomic E-state index is 12.7. The van der Waals surface area contributed by atoms with Crippen LogP contribution in [0.3, 0.4) is 0 Å². The van der Waals surface area contributed by atoms with E-state index in [1.54, 1.807) is 12.3 Å². The van der Waals surface area contributed by atoms with Crippen molar-refractivity contribution in [3.8, 4) is 0 Å². The van der Waals surface area contributed by atoms with Crippen LogP contribution in [-0.4, -0.2) is 33.4 Å². The minimum atomic E-state index is -0.00898. The number of nitrogens with zero attached hydrogens (tertiary/aromatic N) is 2. The summed E-state index contributed by atoms with van der Waals surface area (Å²) in [4.78, 5) is 19.0. The molecule has 5 heteroatoms. The summed E-state index contributed by atoms with van der Waals surface area (Å²) in [6.45, 7) is 2.20. The molecule has 1 aliphatic carbocycles. The van der Waals surface area contributed by atoms with Crippen molar-refractivity contribution >= 4 is 23.1 Å². The number of hydrogen-bond donors (Lipinski definition) is 1. The lowest BCUT2D eigenvalue weighted by molar-refractivity contribution is 0.0713. The van der Waals surface area contributed by atoms with E-state index >= 15 is 0 Å². The molecule has 2 rings (SSSR count). The van der Waals surface area contributed by atoms with Crippen LogP contribution < -0.4 is 5.73 Å². The number of carbonyl (C=O) groups excluding carboxylic acids is 1. The third-order valence-corrected chi connectivity index (χ3v) is 3.72. The number of thiocarbonyl (C=S) groups is 1. The van der Waals surface area contributed by atoms with Crippen LogP contribution >= 0.6 is 12.2 Å². The fraction of sp³-hybridized carbons (Fsp3) is 0.500. The first kappa shape index (κ1) is 13.9. The van der Waals surface area contributed by atoms with E-state index in [-0.39, 0.29) is 11.9 Å². The minimum absolute atomic E-state index is 0.00898. The van der Waals surface area contributed by atoms with Gasteiger partial charge in [-0.05, 0) is 31.9 Å². The Balaban J connectivity index is 2.24.